The van der Waals surface area contributed by atoms with Crippen LogP contribution in [-0.2, 0) is 10.0 Å². The lowest BCUT2D eigenvalue weighted by Gasteiger charge is -2.14. The zero-order valence-electron chi connectivity index (χ0n) is 16.2. The van der Waals surface area contributed by atoms with Gasteiger partial charge in [-0.15, -0.1) is 0 Å². The van der Waals surface area contributed by atoms with Gasteiger partial charge in [0.15, 0.2) is 5.11 Å². The second-order valence-corrected chi connectivity index (χ2v) is 9.65. The highest BCUT2D eigenvalue weighted by Crippen LogP contribution is 2.25. The molecule has 0 aliphatic carbocycles. The Balaban J connectivity index is 1.69. The first-order valence-electron chi connectivity index (χ1n) is 8.87. The van der Waals surface area contributed by atoms with Crippen LogP contribution in [0.2, 0.25) is 10.0 Å². The largest absolute Gasteiger partial charge is 0.332 e. The summed E-state index contributed by atoms with van der Waals surface area (Å²) in [6.07, 6.45) is 0. The van der Waals surface area contributed by atoms with Crippen LogP contribution in [0.15, 0.2) is 65.6 Å². The zero-order valence-corrected chi connectivity index (χ0v) is 19.3. The first kappa shape index (κ1) is 22.4. The fourth-order valence-corrected chi connectivity index (χ4v) is 4.49. The van der Waals surface area contributed by atoms with Gasteiger partial charge >= 0.3 is 0 Å². The number of aryl methyl sites for hydroxylation is 2. The van der Waals surface area contributed by atoms with Crippen molar-refractivity contribution < 1.29 is 8.42 Å². The monoisotopic (exact) mass is 479 g/mol. The average Bonchev–Trinajstić information content (AvgIpc) is 2.64. The molecule has 3 N–H and O–H groups in total. The van der Waals surface area contributed by atoms with Crippen LogP contribution in [-0.4, -0.2) is 13.5 Å². The van der Waals surface area contributed by atoms with Gasteiger partial charge in [-0.05, 0) is 85.7 Å². The van der Waals surface area contributed by atoms with Gasteiger partial charge < -0.3 is 10.6 Å². The molecule has 3 aromatic carbocycles. The highest BCUT2D eigenvalue weighted by atomic mass is 35.5. The Hall–Kier alpha value is -2.32. The molecule has 0 amide bonds. The Morgan fingerprint density at radius 1 is 0.833 bits per heavy atom. The minimum Gasteiger partial charge on any atom is -0.332 e. The molecule has 0 aliphatic heterocycles. The summed E-state index contributed by atoms with van der Waals surface area (Å²) in [5, 5.41) is 7.29. The van der Waals surface area contributed by atoms with Gasteiger partial charge in [-0.1, -0.05) is 35.3 Å². The van der Waals surface area contributed by atoms with E-state index in [9.17, 15) is 8.42 Å². The highest BCUT2D eigenvalue weighted by molar-refractivity contribution is 7.92. The molecule has 0 aliphatic rings. The van der Waals surface area contributed by atoms with Gasteiger partial charge in [0.1, 0.15) is 0 Å². The van der Waals surface area contributed by atoms with Crippen LogP contribution in [0.3, 0.4) is 0 Å². The molecule has 0 bridgehead atoms. The van der Waals surface area contributed by atoms with Gasteiger partial charge in [0, 0.05) is 21.4 Å². The molecule has 9 heteroatoms. The van der Waals surface area contributed by atoms with Crippen LogP contribution in [0.5, 0.6) is 0 Å². The van der Waals surface area contributed by atoms with Gasteiger partial charge in [-0.25, -0.2) is 8.42 Å². The van der Waals surface area contributed by atoms with Crippen molar-refractivity contribution in [1.29, 1.82) is 0 Å². The second-order valence-electron chi connectivity index (χ2n) is 6.69. The van der Waals surface area contributed by atoms with E-state index in [-0.39, 0.29) is 10.6 Å². The van der Waals surface area contributed by atoms with E-state index in [0.717, 1.165) is 16.8 Å². The number of halogens is 2. The van der Waals surface area contributed by atoms with Gasteiger partial charge in [-0.2, -0.15) is 0 Å². The van der Waals surface area contributed by atoms with Crippen LogP contribution in [0.1, 0.15) is 11.1 Å². The second kappa shape index (κ2) is 9.22. The van der Waals surface area contributed by atoms with Crippen LogP contribution in [0.4, 0.5) is 17.1 Å². The first-order valence-corrected chi connectivity index (χ1v) is 11.5. The van der Waals surface area contributed by atoms with E-state index in [2.05, 4.69) is 15.4 Å². The molecule has 0 aromatic heterocycles. The molecule has 5 nitrogen and oxygen atoms in total. The summed E-state index contributed by atoms with van der Waals surface area (Å²) in [4.78, 5) is 0.0950. The third-order valence-electron chi connectivity index (χ3n) is 4.18. The molecule has 0 radical (unpaired) electrons. The van der Waals surface area contributed by atoms with Crippen molar-refractivity contribution in [3.8, 4) is 0 Å². The van der Waals surface area contributed by atoms with E-state index in [1.807, 2.05) is 32.0 Å². The summed E-state index contributed by atoms with van der Waals surface area (Å²) >= 11 is 17.2. The summed E-state index contributed by atoms with van der Waals surface area (Å²) in [7, 11) is -3.79. The van der Waals surface area contributed by atoms with Crippen LogP contribution >= 0.6 is 35.4 Å². The Morgan fingerprint density at radius 3 is 2.10 bits per heavy atom. The molecule has 0 saturated carbocycles. The number of thiocarbonyl (C=S) groups is 1. The van der Waals surface area contributed by atoms with Crippen molar-refractivity contribution in [1.82, 2.24) is 0 Å². The van der Waals surface area contributed by atoms with Gasteiger partial charge in [0.05, 0.1) is 10.6 Å². The fourth-order valence-electron chi connectivity index (χ4n) is 2.70. The number of nitrogens with one attached hydrogen (secondary N) is 3. The van der Waals surface area contributed by atoms with E-state index >= 15 is 0 Å². The maximum absolute atomic E-state index is 12.6. The van der Waals surface area contributed by atoms with Crippen molar-refractivity contribution in [2.24, 2.45) is 0 Å². The van der Waals surface area contributed by atoms with E-state index < -0.39 is 10.0 Å². The summed E-state index contributed by atoms with van der Waals surface area (Å²) < 4.78 is 27.7. The normalized spacial score (nSPS) is 11.1. The summed E-state index contributed by atoms with van der Waals surface area (Å²) in [6, 6.07) is 16.8. The minimum absolute atomic E-state index is 0.0950. The Labute approximate surface area is 191 Å². The highest BCUT2D eigenvalue weighted by Gasteiger charge is 2.15. The molecule has 3 aromatic rings. The maximum atomic E-state index is 12.6. The quantitative estimate of drug-likeness (QED) is 0.378. The number of anilines is 3. The topological polar surface area (TPSA) is 70.2 Å². The van der Waals surface area contributed by atoms with E-state index in [0.29, 0.717) is 20.8 Å². The first-order chi connectivity index (χ1) is 14.1. The summed E-state index contributed by atoms with van der Waals surface area (Å²) in [5.74, 6) is 0. The van der Waals surface area contributed by atoms with E-state index in [1.54, 1.807) is 12.1 Å². The SMILES string of the molecule is Cc1ccc(C)c(NC(=S)Nc2ccc(S(=O)(=O)Nc3cc(Cl)cc(Cl)c3)cc2)c1. The lowest BCUT2D eigenvalue weighted by molar-refractivity contribution is 0.601. The third kappa shape index (κ3) is 5.86. The van der Waals surface area contributed by atoms with Crippen molar-refractivity contribution in [3.63, 3.8) is 0 Å². The van der Waals surface area contributed by atoms with Gasteiger partial charge in [0.25, 0.3) is 10.0 Å². The summed E-state index contributed by atoms with van der Waals surface area (Å²) in [6.45, 7) is 4.00. The number of rotatable bonds is 5. The molecule has 0 saturated heterocycles. The Bertz CT molecular complexity index is 1180. The van der Waals surface area contributed by atoms with Crippen molar-refractivity contribution in [2.75, 3.05) is 15.4 Å². The van der Waals surface area contributed by atoms with Crippen molar-refractivity contribution in [3.05, 3.63) is 81.8 Å². The van der Waals surface area contributed by atoms with Crippen molar-refractivity contribution in [2.45, 2.75) is 18.7 Å². The maximum Gasteiger partial charge on any atom is 0.261 e. The van der Waals surface area contributed by atoms with Crippen LogP contribution in [0, 0.1) is 13.8 Å². The number of benzene rings is 3. The summed E-state index contributed by atoms with van der Waals surface area (Å²) in [5.41, 5.74) is 4.04. The molecular formula is C21H19Cl2N3O2S2. The molecule has 0 heterocycles. The molecule has 0 fully saturated rings. The predicted octanol–water partition coefficient (Wildman–Crippen LogP) is 6.22. The Morgan fingerprint density at radius 2 is 1.47 bits per heavy atom. The smallest absolute Gasteiger partial charge is 0.261 e. The molecule has 0 spiro atoms. The number of hydrogen-bond donors (Lipinski definition) is 3. The fraction of sp³-hybridized carbons (Fsp3) is 0.0952. The standard InChI is InChI=1S/C21H19Cl2N3O2S2/c1-13-3-4-14(2)20(9-13)25-21(29)24-17-5-7-19(8-6-17)30(27,28)26-18-11-15(22)10-16(23)12-18/h3-12,26H,1-2H3,(H2,24,25,29). The van der Waals surface area contributed by atoms with E-state index in [4.69, 9.17) is 35.4 Å². The number of sulfonamides is 1. The van der Waals surface area contributed by atoms with Gasteiger partial charge in [-0.3, -0.25) is 4.72 Å². The lowest BCUT2D eigenvalue weighted by Crippen LogP contribution is -2.20. The predicted molar refractivity (Wildman–Crippen MR) is 129 cm³/mol. The van der Waals surface area contributed by atoms with Gasteiger partial charge in [0.2, 0.25) is 0 Å². The third-order valence-corrected chi connectivity index (χ3v) is 6.22. The van der Waals surface area contributed by atoms with Crippen LogP contribution < -0.4 is 15.4 Å². The van der Waals surface area contributed by atoms with Crippen molar-refractivity contribution >= 4 is 67.6 Å². The molecule has 30 heavy (non-hydrogen) atoms. The molecule has 0 atom stereocenters. The molecular weight excluding hydrogens is 461 g/mol. The molecule has 0 unspecified atom stereocenters. The zero-order chi connectivity index (χ0) is 21.9. The molecule has 156 valence electrons. The number of hydrogen-bond acceptors (Lipinski definition) is 3. The average molecular weight is 480 g/mol. The van der Waals surface area contributed by atoms with Crippen LogP contribution in [0.25, 0.3) is 0 Å². The minimum atomic E-state index is -3.79. The van der Waals surface area contributed by atoms with E-state index in [1.165, 1.54) is 30.3 Å². The molecule has 3 rings (SSSR count). The lowest BCUT2D eigenvalue weighted by atomic mass is 10.1. The Kier molecular flexibility index (Phi) is 6.88.